The number of benzene rings is 3. The predicted molar refractivity (Wildman–Crippen MR) is 117 cm³/mol. The molecule has 3 aromatic rings. The molecule has 0 aromatic heterocycles. The first-order valence-electron chi connectivity index (χ1n) is 10.4. The van der Waals surface area contributed by atoms with Gasteiger partial charge in [-0.2, -0.15) is 0 Å². The molecule has 3 aromatic carbocycles. The van der Waals surface area contributed by atoms with Crippen molar-refractivity contribution < 1.29 is 9.53 Å². The van der Waals surface area contributed by atoms with Gasteiger partial charge >= 0.3 is 0 Å². The van der Waals surface area contributed by atoms with Crippen LogP contribution in [-0.2, 0) is 0 Å². The van der Waals surface area contributed by atoms with Crippen molar-refractivity contribution in [3.05, 3.63) is 77.9 Å². The van der Waals surface area contributed by atoms with Crippen LogP contribution in [0.25, 0.3) is 10.8 Å². The second-order valence-corrected chi connectivity index (χ2v) is 7.62. The summed E-state index contributed by atoms with van der Waals surface area (Å²) in [6.45, 7) is 2.73. The second kappa shape index (κ2) is 9.10. The summed E-state index contributed by atoms with van der Waals surface area (Å²) in [5.74, 6) is 0.836. The van der Waals surface area contributed by atoms with Gasteiger partial charge in [0, 0.05) is 12.1 Å². The molecule has 0 saturated carbocycles. The van der Waals surface area contributed by atoms with Crippen LogP contribution in [0, 0.1) is 0 Å². The Hall–Kier alpha value is -2.85. The summed E-state index contributed by atoms with van der Waals surface area (Å²) >= 11 is 0. The van der Waals surface area contributed by atoms with Crippen molar-refractivity contribution in [1.29, 1.82) is 0 Å². The maximum Gasteiger partial charge on any atom is 0.251 e. The molecule has 0 radical (unpaired) electrons. The number of fused-ring (bicyclic) bond motifs is 1. The normalized spacial score (nSPS) is 15.8. The third-order valence-electron chi connectivity index (χ3n) is 5.82. The van der Waals surface area contributed by atoms with Crippen molar-refractivity contribution in [2.24, 2.45) is 0 Å². The molecular formula is C25H28N2O2. The molecule has 1 unspecified atom stereocenters. The van der Waals surface area contributed by atoms with E-state index >= 15 is 0 Å². The summed E-state index contributed by atoms with van der Waals surface area (Å²) in [6, 6.07) is 22.3. The lowest BCUT2D eigenvalue weighted by molar-refractivity contribution is 0.0926. The topological polar surface area (TPSA) is 41.6 Å². The smallest absolute Gasteiger partial charge is 0.251 e. The van der Waals surface area contributed by atoms with Crippen LogP contribution >= 0.6 is 0 Å². The van der Waals surface area contributed by atoms with Crippen molar-refractivity contribution in [1.82, 2.24) is 10.2 Å². The highest BCUT2D eigenvalue weighted by Crippen LogP contribution is 2.26. The average Bonchev–Trinajstić information content (AvgIpc) is 2.80. The zero-order valence-corrected chi connectivity index (χ0v) is 16.9. The van der Waals surface area contributed by atoms with Crippen LogP contribution in [-0.4, -0.2) is 37.6 Å². The van der Waals surface area contributed by atoms with Gasteiger partial charge in [-0.05, 0) is 60.5 Å². The summed E-state index contributed by atoms with van der Waals surface area (Å²) < 4.78 is 5.31. The van der Waals surface area contributed by atoms with E-state index in [0.717, 1.165) is 35.2 Å². The van der Waals surface area contributed by atoms with Crippen LogP contribution in [0.4, 0.5) is 0 Å². The molecule has 1 atom stereocenters. The lowest BCUT2D eigenvalue weighted by Gasteiger charge is -2.35. The quantitative estimate of drug-likeness (QED) is 0.659. The van der Waals surface area contributed by atoms with E-state index in [2.05, 4.69) is 22.3 Å². The van der Waals surface area contributed by atoms with E-state index < -0.39 is 0 Å². The van der Waals surface area contributed by atoms with Crippen molar-refractivity contribution >= 4 is 16.7 Å². The molecule has 1 fully saturated rings. The number of nitrogens with one attached hydrogen (secondary N) is 1. The van der Waals surface area contributed by atoms with Crippen molar-refractivity contribution in [2.75, 3.05) is 26.7 Å². The molecule has 150 valence electrons. The molecule has 0 bridgehead atoms. The molecule has 4 rings (SSSR count). The van der Waals surface area contributed by atoms with Crippen LogP contribution in [0.15, 0.2) is 66.7 Å². The van der Waals surface area contributed by atoms with E-state index in [-0.39, 0.29) is 11.9 Å². The number of nitrogens with zero attached hydrogens (tertiary/aromatic N) is 1. The van der Waals surface area contributed by atoms with Gasteiger partial charge in [-0.3, -0.25) is 9.69 Å². The Labute approximate surface area is 172 Å². The van der Waals surface area contributed by atoms with Crippen LogP contribution < -0.4 is 10.1 Å². The van der Waals surface area contributed by atoms with E-state index in [1.807, 2.05) is 54.6 Å². The number of hydrogen-bond donors (Lipinski definition) is 1. The highest BCUT2D eigenvalue weighted by atomic mass is 16.5. The summed E-state index contributed by atoms with van der Waals surface area (Å²) in [5, 5.41) is 5.28. The molecule has 1 aliphatic rings. The Morgan fingerprint density at radius 1 is 0.966 bits per heavy atom. The Bertz CT molecular complexity index is 957. The molecule has 1 saturated heterocycles. The number of likely N-dealkylation sites (tertiary alicyclic amines) is 1. The second-order valence-electron chi connectivity index (χ2n) is 7.62. The number of piperidine rings is 1. The number of methoxy groups -OCH3 is 1. The molecule has 1 heterocycles. The first-order chi connectivity index (χ1) is 14.3. The highest BCUT2D eigenvalue weighted by molar-refractivity contribution is 6.07. The zero-order chi connectivity index (χ0) is 20.1. The van der Waals surface area contributed by atoms with E-state index in [1.54, 1.807) is 7.11 Å². The summed E-state index contributed by atoms with van der Waals surface area (Å²) in [5.41, 5.74) is 1.95. The molecule has 0 aliphatic carbocycles. The van der Waals surface area contributed by atoms with Crippen LogP contribution in [0.2, 0.25) is 0 Å². The number of carbonyl (C=O) groups excluding carboxylic acids is 1. The largest absolute Gasteiger partial charge is 0.497 e. The first kappa shape index (κ1) is 19.5. The van der Waals surface area contributed by atoms with Gasteiger partial charge in [-0.25, -0.2) is 0 Å². The Balaban J connectivity index is 1.54. The van der Waals surface area contributed by atoms with Crippen molar-refractivity contribution in [2.45, 2.75) is 25.3 Å². The number of carbonyl (C=O) groups is 1. The molecule has 1 N–H and O–H groups in total. The maximum absolute atomic E-state index is 13.0. The van der Waals surface area contributed by atoms with Gasteiger partial charge < -0.3 is 10.1 Å². The molecule has 0 spiro atoms. The maximum atomic E-state index is 13.0. The summed E-state index contributed by atoms with van der Waals surface area (Å²) in [6.07, 6.45) is 3.71. The molecule has 29 heavy (non-hydrogen) atoms. The van der Waals surface area contributed by atoms with Gasteiger partial charge in [0.2, 0.25) is 0 Å². The van der Waals surface area contributed by atoms with E-state index in [1.165, 1.54) is 24.8 Å². The van der Waals surface area contributed by atoms with E-state index in [0.29, 0.717) is 6.54 Å². The van der Waals surface area contributed by atoms with E-state index in [9.17, 15) is 4.79 Å². The van der Waals surface area contributed by atoms with Crippen LogP contribution in [0.1, 0.15) is 41.2 Å². The Morgan fingerprint density at radius 3 is 2.45 bits per heavy atom. The first-order valence-corrected chi connectivity index (χ1v) is 10.4. The monoisotopic (exact) mass is 388 g/mol. The number of hydrogen-bond acceptors (Lipinski definition) is 3. The third-order valence-corrected chi connectivity index (χ3v) is 5.82. The van der Waals surface area contributed by atoms with Gasteiger partial charge in [-0.15, -0.1) is 0 Å². The van der Waals surface area contributed by atoms with Crippen LogP contribution in [0.5, 0.6) is 5.75 Å². The lowest BCUT2D eigenvalue weighted by Crippen LogP contribution is -2.40. The van der Waals surface area contributed by atoms with Gasteiger partial charge in [0.1, 0.15) is 5.75 Å². The lowest BCUT2D eigenvalue weighted by atomic mass is 10.0. The van der Waals surface area contributed by atoms with Gasteiger partial charge in [0.05, 0.1) is 13.2 Å². The Morgan fingerprint density at radius 2 is 1.69 bits per heavy atom. The molecular weight excluding hydrogens is 360 g/mol. The standard InChI is InChI=1S/C25H28N2O2/c1-29-21-14-12-20(13-15-21)24(27-16-5-2-6-17-27)18-26-25(28)23-11-7-9-19-8-3-4-10-22(19)23/h3-4,7-15,24H,2,5-6,16-18H2,1H3,(H,26,28). The molecule has 4 nitrogen and oxygen atoms in total. The molecule has 1 amide bonds. The molecule has 4 heteroatoms. The number of rotatable bonds is 6. The average molecular weight is 389 g/mol. The highest BCUT2D eigenvalue weighted by Gasteiger charge is 2.23. The fourth-order valence-corrected chi connectivity index (χ4v) is 4.22. The fourth-order valence-electron chi connectivity index (χ4n) is 4.22. The fraction of sp³-hybridized carbons (Fsp3) is 0.320. The number of amides is 1. The van der Waals surface area contributed by atoms with Crippen LogP contribution in [0.3, 0.4) is 0 Å². The summed E-state index contributed by atoms with van der Waals surface area (Å²) in [7, 11) is 1.68. The predicted octanol–water partition coefficient (Wildman–Crippen LogP) is 4.81. The van der Waals surface area contributed by atoms with E-state index in [4.69, 9.17) is 4.74 Å². The zero-order valence-electron chi connectivity index (χ0n) is 16.9. The minimum atomic E-state index is -0.0164. The third kappa shape index (κ3) is 4.43. The molecule has 1 aliphatic heterocycles. The number of ether oxygens (including phenoxy) is 1. The van der Waals surface area contributed by atoms with Crippen molar-refractivity contribution in [3.8, 4) is 5.75 Å². The van der Waals surface area contributed by atoms with Gasteiger partial charge in [0.15, 0.2) is 0 Å². The summed E-state index contributed by atoms with van der Waals surface area (Å²) in [4.78, 5) is 15.5. The van der Waals surface area contributed by atoms with Crippen molar-refractivity contribution in [3.63, 3.8) is 0 Å². The Kier molecular flexibility index (Phi) is 6.11. The van der Waals surface area contributed by atoms with Gasteiger partial charge in [-0.1, -0.05) is 55.0 Å². The minimum absolute atomic E-state index is 0.0164. The SMILES string of the molecule is COc1ccc(C(CNC(=O)c2cccc3ccccc23)N2CCCCC2)cc1. The van der Waals surface area contributed by atoms with Gasteiger partial charge in [0.25, 0.3) is 5.91 Å². The minimum Gasteiger partial charge on any atom is -0.497 e.